The van der Waals surface area contributed by atoms with Crippen LogP contribution in [-0.2, 0) is 11.3 Å². The zero-order valence-electron chi connectivity index (χ0n) is 16.7. The third-order valence-corrected chi connectivity index (χ3v) is 5.28. The lowest BCUT2D eigenvalue weighted by Crippen LogP contribution is -2.28. The molecule has 3 rings (SSSR count). The summed E-state index contributed by atoms with van der Waals surface area (Å²) in [5.41, 5.74) is 4.26. The number of carbonyl (C=O) groups is 1. The van der Waals surface area contributed by atoms with Gasteiger partial charge in [0, 0.05) is 30.2 Å². The first-order valence-corrected chi connectivity index (χ1v) is 9.83. The molecule has 6 nitrogen and oxygen atoms in total. The maximum absolute atomic E-state index is 13.1. The van der Waals surface area contributed by atoms with E-state index >= 15 is 0 Å². The van der Waals surface area contributed by atoms with Gasteiger partial charge in [-0.2, -0.15) is 0 Å². The van der Waals surface area contributed by atoms with Crippen molar-refractivity contribution in [3.8, 4) is 5.69 Å². The van der Waals surface area contributed by atoms with Crippen molar-refractivity contribution < 1.29 is 4.79 Å². The predicted molar refractivity (Wildman–Crippen MR) is 112 cm³/mol. The SMILES string of the molecule is CCCNC(=O)CCn1cnc2c(c(C)c(C)n2-c2cc(Cl)ccc2C)c1=O. The molecule has 0 aliphatic rings. The Kier molecular flexibility index (Phi) is 5.89. The number of amides is 1. The second kappa shape index (κ2) is 8.19. The van der Waals surface area contributed by atoms with E-state index in [9.17, 15) is 9.59 Å². The van der Waals surface area contributed by atoms with Gasteiger partial charge in [0.15, 0.2) is 5.65 Å². The Bertz CT molecular complexity index is 1100. The first kappa shape index (κ1) is 20.1. The second-order valence-electron chi connectivity index (χ2n) is 7.02. The molecule has 0 spiro atoms. The molecule has 1 aromatic carbocycles. The van der Waals surface area contributed by atoms with E-state index in [4.69, 9.17) is 11.6 Å². The van der Waals surface area contributed by atoms with Crippen LogP contribution in [0.5, 0.6) is 0 Å². The van der Waals surface area contributed by atoms with Crippen LogP contribution in [-0.4, -0.2) is 26.6 Å². The van der Waals surface area contributed by atoms with Gasteiger partial charge in [0.1, 0.15) is 0 Å². The highest BCUT2D eigenvalue weighted by atomic mass is 35.5. The Morgan fingerprint density at radius 3 is 2.71 bits per heavy atom. The minimum atomic E-state index is -0.132. The van der Waals surface area contributed by atoms with E-state index in [0.717, 1.165) is 28.9 Å². The first-order chi connectivity index (χ1) is 13.3. The standard InChI is InChI=1S/C21H25ClN4O2/c1-5-9-23-18(27)8-10-25-12-24-20-19(21(25)28)14(3)15(4)26(20)17-11-16(22)7-6-13(17)2/h6-7,11-12H,5,8-10H2,1-4H3,(H,23,27). The summed E-state index contributed by atoms with van der Waals surface area (Å²) < 4.78 is 3.49. The molecular weight excluding hydrogens is 376 g/mol. The van der Waals surface area contributed by atoms with Crippen molar-refractivity contribution >= 4 is 28.5 Å². The van der Waals surface area contributed by atoms with Crippen LogP contribution in [0.1, 0.15) is 36.6 Å². The minimum absolute atomic E-state index is 0.0612. The lowest BCUT2D eigenvalue weighted by atomic mass is 10.2. The number of aryl methyl sites for hydroxylation is 3. The molecule has 1 N–H and O–H groups in total. The quantitative estimate of drug-likeness (QED) is 0.686. The van der Waals surface area contributed by atoms with Crippen molar-refractivity contribution in [2.75, 3.05) is 6.54 Å². The van der Waals surface area contributed by atoms with Crippen LogP contribution in [0, 0.1) is 20.8 Å². The second-order valence-corrected chi connectivity index (χ2v) is 7.45. The van der Waals surface area contributed by atoms with Gasteiger partial charge in [0.05, 0.1) is 17.4 Å². The van der Waals surface area contributed by atoms with Crippen LogP contribution >= 0.6 is 11.6 Å². The molecular formula is C21H25ClN4O2. The van der Waals surface area contributed by atoms with E-state index in [0.29, 0.717) is 29.1 Å². The number of carbonyl (C=O) groups excluding carboxylic acids is 1. The Morgan fingerprint density at radius 1 is 1.25 bits per heavy atom. The van der Waals surface area contributed by atoms with Crippen molar-refractivity contribution in [3.63, 3.8) is 0 Å². The topological polar surface area (TPSA) is 68.9 Å². The Balaban J connectivity index is 2.05. The number of hydrogen-bond acceptors (Lipinski definition) is 3. The van der Waals surface area contributed by atoms with E-state index in [-0.39, 0.29) is 17.9 Å². The van der Waals surface area contributed by atoms with Crippen LogP contribution in [0.15, 0.2) is 29.3 Å². The van der Waals surface area contributed by atoms with E-state index in [1.54, 1.807) is 0 Å². The number of nitrogens with zero attached hydrogens (tertiary/aromatic N) is 3. The molecule has 0 bridgehead atoms. The molecule has 0 aliphatic heterocycles. The summed E-state index contributed by atoms with van der Waals surface area (Å²) in [6, 6.07) is 5.68. The van der Waals surface area contributed by atoms with Crippen molar-refractivity contribution in [1.82, 2.24) is 19.4 Å². The van der Waals surface area contributed by atoms with Gasteiger partial charge in [0.2, 0.25) is 5.91 Å². The molecule has 28 heavy (non-hydrogen) atoms. The van der Waals surface area contributed by atoms with Crippen LogP contribution in [0.2, 0.25) is 5.02 Å². The molecule has 3 aromatic rings. The number of benzene rings is 1. The Morgan fingerprint density at radius 2 is 2.00 bits per heavy atom. The number of aromatic nitrogens is 3. The highest BCUT2D eigenvalue weighted by molar-refractivity contribution is 6.30. The normalized spacial score (nSPS) is 11.2. The lowest BCUT2D eigenvalue weighted by molar-refractivity contribution is -0.121. The van der Waals surface area contributed by atoms with Crippen LogP contribution in [0.3, 0.4) is 0 Å². The van der Waals surface area contributed by atoms with E-state index in [1.807, 2.05) is 50.5 Å². The maximum atomic E-state index is 13.1. The highest BCUT2D eigenvalue weighted by Gasteiger charge is 2.19. The number of rotatable bonds is 6. The monoisotopic (exact) mass is 400 g/mol. The molecule has 0 radical (unpaired) electrons. The fourth-order valence-corrected chi connectivity index (χ4v) is 3.50. The van der Waals surface area contributed by atoms with Gasteiger partial charge < -0.3 is 5.32 Å². The molecule has 2 aromatic heterocycles. The number of halogens is 1. The largest absolute Gasteiger partial charge is 0.356 e. The van der Waals surface area contributed by atoms with Crippen LogP contribution < -0.4 is 10.9 Å². The summed E-state index contributed by atoms with van der Waals surface area (Å²) in [7, 11) is 0. The van der Waals surface area contributed by atoms with E-state index in [2.05, 4.69) is 10.3 Å². The molecule has 0 fully saturated rings. The highest BCUT2D eigenvalue weighted by Crippen LogP contribution is 2.28. The van der Waals surface area contributed by atoms with E-state index in [1.165, 1.54) is 10.9 Å². The van der Waals surface area contributed by atoms with Gasteiger partial charge in [0.25, 0.3) is 5.56 Å². The molecule has 0 atom stereocenters. The van der Waals surface area contributed by atoms with Crippen LogP contribution in [0.4, 0.5) is 0 Å². The average Bonchev–Trinajstić information content (AvgIpc) is 2.92. The van der Waals surface area contributed by atoms with Gasteiger partial charge in [-0.15, -0.1) is 0 Å². The third-order valence-electron chi connectivity index (χ3n) is 5.05. The van der Waals surface area contributed by atoms with Gasteiger partial charge >= 0.3 is 0 Å². The van der Waals surface area contributed by atoms with Crippen molar-refractivity contribution in [3.05, 3.63) is 56.7 Å². The van der Waals surface area contributed by atoms with Crippen molar-refractivity contribution in [1.29, 1.82) is 0 Å². The van der Waals surface area contributed by atoms with E-state index < -0.39 is 0 Å². The molecule has 0 unspecified atom stereocenters. The summed E-state index contributed by atoms with van der Waals surface area (Å²) in [5.74, 6) is -0.0612. The lowest BCUT2D eigenvalue weighted by Gasteiger charge is -2.12. The fraction of sp³-hybridized carbons (Fsp3) is 0.381. The summed E-state index contributed by atoms with van der Waals surface area (Å²) in [6.07, 6.45) is 2.65. The zero-order valence-corrected chi connectivity index (χ0v) is 17.4. The number of hydrogen-bond donors (Lipinski definition) is 1. The van der Waals surface area contributed by atoms with Gasteiger partial charge in [-0.3, -0.25) is 18.7 Å². The summed E-state index contributed by atoms with van der Waals surface area (Å²) >= 11 is 6.20. The van der Waals surface area contributed by atoms with Gasteiger partial charge in [-0.25, -0.2) is 4.98 Å². The smallest absolute Gasteiger partial charge is 0.263 e. The molecule has 1 amide bonds. The molecule has 0 saturated carbocycles. The maximum Gasteiger partial charge on any atom is 0.263 e. The zero-order chi connectivity index (χ0) is 20.4. The Labute approximate surface area is 169 Å². The molecule has 0 saturated heterocycles. The summed E-state index contributed by atoms with van der Waals surface area (Å²) in [5, 5.41) is 4.03. The summed E-state index contributed by atoms with van der Waals surface area (Å²) in [4.78, 5) is 29.5. The van der Waals surface area contributed by atoms with Gasteiger partial charge in [-0.05, 0) is 50.5 Å². The first-order valence-electron chi connectivity index (χ1n) is 9.45. The molecule has 7 heteroatoms. The predicted octanol–water partition coefficient (Wildman–Crippen LogP) is 3.68. The van der Waals surface area contributed by atoms with Crippen LogP contribution in [0.25, 0.3) is 16.7 Å². The van der Waals surface area contributed by atoms with Crippen molar-refractivity contribution in [2.24, 2.45) is 0 Å². The Hall–Kier alpha value is -2.60. The summed E-state index contributed by atoms with van der Waals surface area (Å²) in [6.45, 7) is 8.85. The van der Waals surface area contributed by atoms with Crippen molar-refractivity contribution in [2.45, 2.75) is 47.1 Å². The fourth-order valence-electron chi connectivity index (χ4n) is 3.34. The minimum Gasteiger partial charge on any atom is -0.356 e. The molecule has 2 heterocycles. The number of fused-ring (bicyclic) bond motifs is 1. The number of nitrogens with one attached hydrogen (secondary N) is 1. The third kappa shape index (κ3) is 3.69. The average molecular weight is 401 g/mol. The van der Waals surface area contributed by atoms with Gasteiger partial charge in [-0.1, -0.05) is 24.6 Å². The molecule has 0 aliphatic carbocycles. The molecule has 148 valence electrons.